The van der Waals surface area contributed by atoms with Crippen molar-refractivity contribution >= 4 is 17.5 Å². The molecule has 0 aliphatic rings. The predicted molar refractivity (Wildman–Crippen MR) is 85.8 cm³/mol. The first-order valence-electron chi connectivity index (χ1n) is 7.40. The van der Waals surface area contributed by atoms with Crippen molar-refractivity contribution in [2.75, 3.05) is 7.05 Å². The number of hydrogen-bond donors (Lipinski definition) is 0. The number of carbonyl (C=O) groups excluding carboxylic acids is 1. The summed E-state index contributed by atoms with van der Waals surface area (Å²) in [6.45, 7) is 4.48. The first-order valence-corrected chi connectivity index (χ1v) is 7.78. The van der Waals surface area contributed by atoms with Crippen LogP contribution in [0.2, 0.25) is 5.02 Å². The number of rotatable bonds is 7. The average Bonchev–Trinajstić information content (AvgIpc) is 2.46. The van der Waals surface area contributed by atoms with Crippen LogP contribution in [0.4, 0.5) is 0 Å². The minimum absolute atomic E-state index is 0.0892. The van der Waals surface area contributed by atoms with E-state index in [0.717, 1.165) is 18.4 Å². The number of hydrogen-bond acceptors (Lipinski definition) is 2. The number of benzene rings is 1. The zero-order valence-corrected chi connectivity index (χ0v) is 13.8. The van der Waals surface area contributed by atoms with E-state index in [2.05, 4.69) is 6.07 Å². The van der Waals surface area contributed by atoms with Gasteiger partial charge in [-0.1, -0.05) is 50.4 Å². The van der Waals surface area contributed by atoms with Gasteiger partial charge in [0.05, 0.1) is 6.07 Å². The molecule has 0 radical (unpaired) electrons. The maximum atomic E-state index is 12.7. The Kier molecular flexibility index (Phi) is 6.71. The lowest BCUT2D eigenvalue weighted by molar-refractivity contribution is -0.139. The molecule has 1 aromatic rings. The van der Waals surface area contributed by atoms with Crippen LogP contribution in [-0.2, 0) is 11.3 Å². The minimum atomic E-state index is -0.892. The van der Waals surface area contributed by atoms with Gasteiger partial charge in [0, 0.05) is 18.6 Å². The van der Waals surface area contributed by atoms with Gasteiger partial charge in [-0.15, -0.1) is 0 Å². The third-order valence-electron chi connectivity index (χ3n) is 3.63. The lowest BCUT2D eigenvalue weighted by Crippen LogP contribution is -2.41. The second-order valence-electron chi connectivity index (χ2n) is 5.49. The monoisotopic (exact) mass is 306 g/mol. The molecule has 0 unspecified atom stereocenters. The molecular formula is C17H23ClN2O. The highest BCUT2D eigenvalue weighted by molar-refractivity contribution is 6.30. The molecule has 114 valence electrons. The molecule has 0 saturated heterocycles. The number of nitriles is 1. The standard InChI is InChI=1S/C17H23ClN2O/c1-4-9-17(13-19,10-5-2)16(21)20(3)12-14-7-6-8-15(18)11-14/h6-8,11H,4-5,9-10,12H2,1-3H3. The second kappa shape index (κ2) is 8.05. The normalized spacial score (nSPS) is 11.0. The van der Waals surface area contributed by atoms with Crippen LogP contribution in [0.25, 0.3) is 0 Å². The van der Waals surface area contributed by atoms with Crippen LogP contribution in [0, 0.1) is 16.7 Å². The number of halogens is 1. The average molecular weight is 307 g/mol. The molecule has 1 aromatic carbocycles. The van der Waals surface area contributed by atoms with Crippen molar-refractivity contribution in [3.8, 4) is 6.07 Å². The topological polar surface area (TPSA) is 44.1 Å². The molecule has 0 fully saturated rings. The molecule has 3 nitrogen and oxygen atoms in total. The molecule has 0 bridgehead atoms. The van der Waals surface area contributed by atoms with E-state index in [0.29, 0.717) is 24.4 Å². The van der Waals surface area contributed by atoms with Crippen LogP contribution >= 0.6 is 11.6 Å². The maximum absolute atomic E-state index is 12.7. The fourth-order valence-corrected chi connectivity index (χ4v) is 2.91. The van der Waals surface area contributed by atoms with E-state index in [4.69, 9.17) is 11.6 Å². The highest BCUT2D eigenvalue weighted by Gasteiger charge is 2.38. The summed E-state index contributed by atoms with van der Waals surface area (Å²) in [7, 11) is 1.75. The molecule has 1 amide bonds. The van der Waals surface area contributed by atoms with Crippen molar-refractivity contribution < 1.29 is 4.79 Å². The molecule has 1 rings (SSSR count). The van der Waals surface area contributed by atoms with Crippen LogP contribution in [-0.4, -0.2) is 17.9 Å². The molecule has 0 heterocycles. The van der Waals surface area contributed by atoms with Crippen molar-refractivity contribution in [3.05, 3.63) is 34.9 Å². The van der Waals surface area contributed by atoms with Crippen LogP contribution in [0.3, 0.4) is 0 Å². The largest absolute Gasteiger partial charge is 0.340 e. The Morgan fingerprint density at radius 1 is 1.33 bits per heavy atom. The van der Waals surface area contributed by atoms with Crippen LogP contribution in [0.5, 0.6) is 0 Å². The Labute approximate surface area is 132 Å². The van der Waals surface area contributed by atoms with E-state index in [1.165, 1.54) is 0 Å². The predicted octanol–water partition coefficient (Wildman–Crippen LogP) is 4.41. The fourth-order valence-electron chi connectivity index (χ4n) is 2.70. The summed E-state index contributed by atoms with van der Waals surface area (Å²) in [5.41, 5.74) is 0.0785. The first kappa shape index (κ1) is 17.5. The molecule has 0 spiro atoms. The van der Waals surface area contributed by atoms with Crippen molar-refractivity contribution in [1.29, 1.82) is 5.26 Å². The molecule has 4 heteroatoms. The fraction of sp³-hybridized carbons (Fsp3) is 0.529. The Balaban J connectivity index is 2.90. The molecule has 0 aliphatic carbocycles. The van der Waals surface area contributed by atoms with Crippen molar-refractivity contribution in [1.82, 2.24) is 4.90 Å². The first-order chi connectivity index (χ1) is 9.99. The molecule has 0 saturated carbocycles. The van der Waals surface area contributed by atoms with Crippen LogP contribution in [0.15, 0.2) is 24.3 Å². The van der Waals surface area contributed by atoms with E-state index >= 15 is 0 Å². The quantitative estimate of drug-likeness (QED) is 0.749. The summed E-state index contributed by atoms with van der Waals surface area (Å²) in [5, 5.41) is 10.2. The van der Waals surface area contributed by atoms with Gasteiger partial charge in [-0.05, 0) is 30.5 Å². The van der Waals surface area contributed by atoms with E-state index in [1.54, 1.807) is 18.0 Å². The molecule has 21 heavy (non-hydrogen) atoms. The summed E-state index contributed by atoms with van der Waals surface area (Å²) in [5.74, 6) is -0.0892. The summed E-state index contributed by atoms with van der Waals surface area (Å²) in [6.07, 6.45) is 2.86. The minimum Gasteiger partial charge on any atom is -0.340 e. The molecular weight excluding hydrogens is 284 g/mol. The van der Waals surface area contributed by atoms with Crippen molar-refractivity contribution in [2.45, 2.75) is 46.1 Å². The van der Waals surface area contributed by atoms with Crippen LogP contribution < -0.4 is 0 Å². The number of amides is 1. The Bertz CT molecular complexity index is 516. The summed E-state index contributed by atoms with van der Waals surface area (Å²) >= 11 is 5.97. The second-order valence-corrected chi connectivity index (χ2v) is 5.92. The highest BCUT2D eigenvalue weighted by Crippen LogP contribution is 2.31. The SMILES string of the molecule is CCCC(C#N)(CCC)C(=O)N(C)Cc1cccc(Cl)c1. The van der Waals surface area contributed by atoms with E-state index in [-0.39, 0.29) is 5.91 Å². The third kappa shape index (κ3) is 4.47. The maximum Gasteiger partial charge on any atom is 0.243 e. The van der Waals surface area contributed by atoms with Gasteiger partial charge in [-0.3, -0.25) is 4.79 Å². The summed E-state index contributed by atoms with van der Waals surface area (Å²) < 4.78 is 0. The zero-order chi connectivity index (χ0) is 15.9. The summed E-state index contributed by atoms with van der Waals surface area (Å²) in [4.78, 5) is 14.4. The van der Waals surface area contributed by atoms with E-state index in [1.807, 2.05) is 32.0 Å². The summed E-state index contributed by atoms with van der Waals surface area (Å²) in [6, 6.07) is 9.73. The molecule has 0 N–H and O–H groups in total. The third-order valence-corrected chi connectivity index (χ3v) is 3.87. The molecule has 0 aliphatic heterocycles. The Hall–Kier alpha value is -1.53. The van der Waals surface area contributed by atoms with Gasteiger partial charge in [0.2, 0.25) is 5.91 Å². The lowest BCUT2D eigenvalue weighted by atomic mass is 9.79. The highest BCUT2D eigenvalue weighted by atomic mass is 35.5. The zero-order valence-electron chi connectivity index (χ0n) is 13.0. The molecule has 0 aromatic heterocycles. The van der Waals surface area contributed by atoms with Gasteiger partial charge < -0.3 is 4.90 Å². The Morgan fingerprint density at radius 2 is 1.95 bits per heavy atom. The number of nitrogens with zero attached hydrogens (tertiary/aromatic N) is 2. The van der Waals surface area contributed by atoms with Gasteiger partial charge in [0.15, 0.2) is 0 Å². The van der Waals surface area contributed by atoms with Gasteiger partial charge in [-0.25, -0.2) is 0 Å². The van der Waals surface area contributed by atoms with E-state index in [9.17, 15) is 10.1 Å². The molecule has 0 atom stereocenters. The van der Waals surface area contributed by atoms with Gasteiger partial charge in [0.25, 0.3) is 0 Å². The van der Waals surface area contributed by atoms with Crippen molar-refractivity contribution in [3.63, 3.8) is 0 Å². The van der Waals surface area contributed by atoms with Gasteiger partial charge in [0.1, 0.15) is 5.41 Å². The van der Waals surface area contributed by atoms with Gasteiger partial charge >= 0.3 is 0 Å². The van der Waals surface area contributed by atoms with Crippen LogP contribution in [0.1, 0.15) is 45.1 Å². The number of carbonyl (C=O) groups is 1. The van der Waals surface area contributed by atoms with Crippen molar-refractivity contribution in [2.24, 2.45) is 5.41 Å². The Morgan fingerprint density at radius 3 is 2.43 bits per heavy atom. The van der Waals surface area contributed by atoms with Gasteiger partial charge in [-0.2, -0.15) is 5.26 Å². The smallest absolute Gasteiger partial charge is 0.243 e. The lowest BCUT2D eigenvalue weighted by Gasteiger charge is -2.30. The van der Waals surface area contributed by atoms with E-state index < -0.39 is 5.41 Å².